The second kappa shape index (κ2) is 4.56. The van der Waals surface area contributed by atoms with E-state index in [9.17, 15) is 4.79 Å². The van der Waals surface area contributed by atoms with E-state index < -0.39 is 0 Å². The molecule has 0 fully saturated rings. The molecule has 2 heterocycles. The predicted octanol–water partition coefficient (Wildman–Crippen LogP) is 3.61. The molecule has 0 saturated carbocycles. The summed E-state index contributed by atoms with van der Waals surface area (Å²) in [6.45, 7) is 0. The van der Waals surface area contributed by atoms with Crippen molar-refractivity contribution in [3.8, 4) is 0 Å². The lowest BCUT2D eigenvalue weighted by Crippen LogP contribution is -2.05. The third-order valence-corrected chi connectivity index (χ3v) is 4.05. The Morgan fingerprint density at radius 3 is 2.81 bits per heavy atom. The summed E-state index contributed by atoms with van der Waals surface area (Å²) in [6.07, 6.45) is 3.43. The van der Waals surface area contributed by atoms with E-state index in [1.54, 1.807) is 6.20 Å². The quantitative estimate of drug-likeness (QED) is 0.232. The normalized spacial score (nSPS) is 11.5. The molecule has 4 aromatic rings. The zero-order chi connectivity index (χ0) is 14.4. The first kappa shape index (κ1) is 12.3. The maximum Gasteiger partial charge on any atom is 0.234 e. The van der Waals surface area contributed by atoms with Crippen LogP contribution in [-0.4, -0.2) is 16.2 Å². The van der Waals surface area contributed by atoms with Crippen LogP contribution in [0.25, 0.3) is 32.8 Å². The van der Waals surface area contributed by atoms with Gasteiger partial charge >= 0.3 is 0 Å². The zero-order valence-electron chi connectivity index (χ0n) is 11.2. The summed E-state index contributed by atoms with van der Waals surface area (Å²) in [5.74, 6) is 0. The number of hydrogen-bond donors (Lipinski definition) is 0. The first-order valence-corrected chi connectivity index (χ1v) is 7.66. The van der Waals surface area contributed by atoms with Gasteiger partial charge in [-0.05, 0) is 23.1 Å². The third kappa shape index (κ3) is 1.81. The van der Waals surface area contributed by atoms with Gasteiger partial charge in [-0.15, -0.1) is 0 Å². The molecule has 4 nitrogen and oxygen atoms in total. The molecule has 2 aromatic heterocycles. The molecule has 0 atom stereocenters. The predicted molar refractivity (Wildman–Crippen MR) is 84.9 cm³/mol. The standard InChI is InChI=1S/C16H10N2O2S/c1-21-16-17-8-11-14(19)13-10-5-3-2-4-9(10)6-7-12(13)20-15(11)18-16/h2-8H,1H3. The summed E-state index contributed by atoms with van der Waals surface area (Å²) in [6, 6.07) is 11.5. The van der Waals surface area contributed by atoms with E-state index in [4.69, 9.17) is 4.42 Å². The first-order valence-electron chi connectivity index (χ1n) is 6.43. The van der Waals surface area contributed by atoms with Gasteiger partial charge in [0.15, 0.2) is 5.16 Å². The van der Waals surface area contributed by atoms with Crippen LogP contribution in [0.3, 0.4) is 0 Å². The van der Waals surface area contributed by atoms with Crippen molar-refractivity contribution in [2.24, 2.45) is 0 Å². The van der Waals surface area contributed by atoms with Crippen LogP contribution in [0.1, 0.15) is 0 Å². The second-order valence-corrected chi connectivity index (χ2v) is 5.44. The maximum atomic E-state index is 12.8. The lowest BCUT2D eigenvalue weighted by Gasteiger charge is -2.04. The van der Waals surface area contributed by atoms with E-state index in [-0.39, 0.29) is 5.43 Å². The van der Waals surface area contributed by atoms with Gasteiger partial charge in [0.25, 0.3) is 0 Å². The molecule has 102 valence electrons. The molecule has 4 rings (SSSR count). The fourth-order valence-electron chi connectivity index (χ4n) is 2.49. The van der Waals surface area contributed by atoms with Crippen LogP contribution in [0.5, 0.6) is 0 Å². The maximum absolute atomic E-state index is 12.8. The Morgan fingerprint density at radius 2 is 1.95 bits per heavy atom. The molecule has 0 spiro atoms. The lowest BCUT2D eigenvalue weighted by molar-refractivity contribution is 0.636. The van der Waals surface area contributed by atoms with E-state index in [2.05, 4.69) is 9.97 Å². The molecular formula is C16H10N2O2S. The third-order valence-electron chi connectivity index (χ3n) is 3.48. The summed E-state index contributed by atoms with van der Waals surface area (Å²) < 4.78 is 5.81. The highest BCUT2D eigenvalue weighted by Gasteiger charge is 2.12. The molecule has 0 N–H and O–H groups in total. The Bertz CT molecular complexity index is 1060. The second-order valence-electron chi connectivity index (χ2n) is 4.67. The molecule has 0 aliphatic heterocycles. The number of benzene rings is 2. The topological polar surface area (TPSA) is 56.0 Å². The SMILES string of the molecule is CSc1ncc2c(=O)c3c(ccc4ccccc43)oc2n1. The van der Waals surface area contributed by atoms with Crippen LogP contribution >= 0.6 is 11.8 Å². The van der Waals surface area contributed by atoms with Crippen molar-refractivity contribution in [2.75, 3.05) is 6.26 Å². The van der Waals surface area contributed by atoms with Gasteiger partial charge in [0.2, 0.25) is 11.1 Å². The van der Waals surface area contributed by atoms with E-state index in [1.807, 2.05) is 42.7 Å². The summed E-state index contributed by atoms with van der Waals surface area (Å²) in [5.41, 5.74) is 0.801. The fourth-order valence-corrected chi connectivity index (χ4v) is 2.82. The minimum atomic E-state index is -0.0873. The summed E-state index contributed by atoms with van der Waals surface area (Å²) in [4.78, 5) is 21.2. The smallest absolute Gasteiger partial charge is 0.234 e. The van der Waals surface area contributed by atoms with Crippen molar-refractivity contribution < 1.29 is 4.42 Å². The number of fused-ring (bicyclic) bond motifs is 4. The summed E-state index contributed by atoms with van der Waals surface area (Å²) in [5, 5.41) is 3.49. The Kier molecular flexibility index (Phi) is 2.68. The lowest BCUT2D eigenvalue weighted by atomic mass is 10.1. The van der Waals surface area contributed by atoms with Crippen molar-refractivity contribution in [1.82, 2.24) is 9.97 Å². The van der Waals surface area contributed by atoms with Gasteiger partial charge in [-0.3, -0.25) is 4.79 Å². The molecule has 0 radical (unpaired) electrons. The van der Waals surface area contributed by atoms with Crippen molar-refractivity contribution >= 4 is 44.6 Å². The first-order chi connectivity index (χ1) is 10.3. The highest BCUT2D eigenvalue weighted by molar-refractivity contribution is 7.98. The molecule has 5 heteroatoms. The molecular weight excluding hydrogens is 284 g/mol. The summed E-state index contributed by atoms with van der Waals surface area (Å²) >= 11 is 1.41. The number of nitrogens with zero attached hydrogens (tertiary/aromatic N) is 2. The fraction of sp³-hybridized carbons (Fsp3) is 0.0625. The van der Waals surface area contributed by atoms with Crippen molar-refractivity contribution in [2.45, 2.75) is 5.16 Å². The number of thioether (sulfide) groups is 1. The minimum absolute atomic E-state index is 0.0873. The van der Waals surface area contributed by atoms with E-state index in [0.717, 1.165) is 10.8 Å². The molecule has 2 aromatic carbocycles. The highest BCUT2D eigenvalue weighted by Crippen LogP contribution is 2.25. The summed E-state index contributed by atoms with van der Waals surface area (Å²) in [7, 11) is 0. The molecule has 0 bridgehead atoms. The van der Waals surface area contributed by atoms with Crippen LogP contribution < -0.4 is 5.43 Å². The molecule has 0 amide bonds. The van der Waals surface area contributed by atoms with Gasteiger partial charge in [-0.1, -0.05) is 42.1 Å². The van der Waals surface area contributed by atoms with Crippen LogP contribution in [0, 0.1) is 0 Å². The largest absolute Gasteiger partial charge is 0.437 e. The van der Waals surface area contributed by atoms with E-state index >= 15 is 0 Å². The van der Waals surface area contributed by atoms with E-state index in [0.29, 0.717) is 27.2 Å². The average molecular weight is 294 g/mol. The van der Waals surface area contributed by atoms with Crippen LogP contribution in [0.2, 0.25) is 0 Å². The molecule has 0 aliphatic rings. The van der Waals surface area contributed by atoms with Gasteiger partial charge in [-0.25, -0.2) is 4.98 Å². The molecule has 0 aliphatic carbocycles. The van der Waals surface area contributed by atoms with Crippen molar-refractivity contribution in [1.29, 1.82) is 0 Å². The number of aromatic nitrogens is 2. The molecule has 21 heavy (non-hydrogen) atoms. The molecule has 0 saturated heterocycles. The van der Waals surface area contributed by atoms with Gasteiger partial charge < -0.3 is 4.42 Å². The number of rotatable bonds is 1. The Hall–Kier alpha value is -2.40. The van der Waals surface area contributed by atoms with Gasteiger partial charge in [0, 0.05) is 6.20 Å². The van der Waals surface area contributed by atoms with Gasteiger partial charge in [0.05, 0.1) is 5.39 Å². The van der Waals surface area contributed by atoms with Crippen LogP contribution in [-0.2, 0) is 0 Å². The van der Waals surface area contributed by atoms with Crippen molar-refractivity contribution in [3.63, 3.8) is 0 Å². The number of hydrogen-bond acceptors (Lipinski definition) is 5. The van der Waals surface area contributed by atoms with E-state index in [1.165, 1.54) is 11.8 Å². The van der Waals surface area contributed by atoms with Crippen molar-refractivity contribution in [3.05, 3.63) is 52.8 Å². The zero-order valence-corrected chi connectivity index (χ0v) is 12.0. The van der Waals surface area contributed by atoms with Gasteiger partial charge in [0.1, 0.15) is 11.0 Å². The minimum Gasteiger partial charge on any atom is -0.437 e. The average Bonchev–Trinajstić information content (AvgIpc) is 2.54. The monoisotopic (exact) mass is 294 g/mol. The Balaban J connectivity index is 2.25. The van der Waals surface area contributed by atoms with Gasteiger partial charge in [-0.2, -0.15) is 4.98 Å². The highest BCUT2D eigenvalue weighted by atomic mass is 32.2. The van der Waals surface area contributed by atoms with Crippen LogP contribution in [0.4, 0.5) is 0 Å². The Labute approximate surface area is 123 Å². The van der Waals surface area contributed by atoms with Crippen LogP contribution in [0.15, 0.2) is 57.0 Å². The molecule has 0 unspecified atom stereocenters. The Morgan fingerprint density at radius 1 is 1.10 bits per heavy atom.